The fourth-order valence-electron chi connectivity index (χ4n) is 2.05. The lowest BCUT2D eigenvalue weighted by atomic mass is 10.3. The van der Waals surface area contributed by atoms with E-state index < -0.39 is 0 Å². The van der Waals surface area contributed by atoms with Crippen LogP contribution in [0.4, 0.5) is 5.13 Å². The van der Waals surface area contributed by atoms with Crippen molar-refractivity contribution in [2.24, 2.45) is 0 Å². The third-order valence-corrected chi connectivity index (χ3v) is 4.21. The SMILES string of the molecule is COCc1nnc(NC(=O)c2c(C)nc3ccc(Br)cn23)s1. The predicted octanol–water partition coefficient (Wildman–Crippen LogP) is 2.66. The van der Waals surface area contributed by atoms with Crippen molar-refractivity contribution < 1.29 is 9.53 Å². The summed E-state index contributed by atoms with van der Waals surface area (Å²) in [5.74, 6) is -0.275. The number of amides is 1. The van der Waals surface area contributed by atoms with Gasteiger partial charge in [-0.3, -0.25) is 14.5 Å². The quantitative estimate of drug-likeness (QED) is 0.750. The summed E-state index contributed by atoms with van der Waals surface area (Å²) in [6.07, 6.45) is 1.81. The van der Waals surface area contributed by atoms with Crippen LogP contribution < -0.4 is 5.32 Å². The summed E-state index contributed by atoms with van der Waals surface area (Å²) in [4.78, 5) is 16.9. The highest BCUT2D eigenvalue weighted by Crippen LogP contribution is 2.20. The van der Waals surface area contributed by atoms with E-state index in [1.54, 1.807) is 24.6 Å². The van der Waals surface area contributed by atoms with Gasteiger partial charge in [0.25, 0.3) is 5.91 Å². The molecule has 0 aromatic carbocycles. The van der Waals surface area contributed by atoms with Crippen molar-refractivity contribution in [3.63, 3.8) is 0 Å². The Morgan fingerprint density at radius 3 is 3.05 bits per heavy atom. The van der Waals surface area contributed by atoms with E-state index in [1.807, 2.05) is 12.1 Å². The second-order valence-corrected chi connectivity index (χ2v) is 6.49. The Bertz CT molecular complexity index is 844. The van der Waals surface area contributed by atoms with Crippen LogP contribution in [0.3, 0.4) is 0 Å². The normalized spacial score (nSPS) is 11.0. The van der Waals surface area contributed by atoms with Crippen LogP contribution in [0.25, 0.3) is 5.65 Å². The van der Waals surface area contributed by atoms with E-state index in [0.717, 1.165) is 4.47 Å². The Kier molecular flexibility index (Phi) is 4.19. The van der Waals surface area contributed by atoms with Gasteiger partial charge in [-0.2, -0.15) is 0 Å². The Hall–Kier alpha value is -1.84. The molecular formula is C13H12BrN5O2S. The number of nitrogens with zero attached hydrogens (tertiary/aromatic N) is 4. The smallest absolute Gasteiger partial charge is 0.276 e. The van der Waals surface area contributed by atoms with Crippen LogP contribution in [-0.4, -0.2) is 32.6 Å². The molecule has 0 aliphatic rings. The molecule has 0 atom stereocenters. The van der Waals surface area contributed by atoms with Gasteiger partial charge in [0, 0.05) is 17.8 Å². The molecule has 0 aliphatic carbocycles. The summed E-state index contributed by atoms with van der Waals surface area (Å²) in [7, 11) is 1.58. The van der Waals surface area contributed by atoms with Gasteiger partial charge in [-0.1, -0.05) is 11.3 Å². The molecule has 0 fully saturated rings. The first kappa shape index (κ1) is 15.1. The number of hydrogen-bond donors (Lipinski definition) is 1. The second kappa shape index (κ2) is 6.11. The number of fused-ring (bicyclic) bond motifs is 1. The Labute approximate surface area is 138 Å². The first-order chi connectivity index (χ1) is 10.6. The summed E-state index contributed by atoms with van der Waals surface area (Å²) >= 11 is 4.68. The monoisotopic (exact) mass is 381 g/mol. The number of anilines is 1. The molecule has 0 spiro atoms. The summed E-state index contributed by atoms with van der Waals surface area (Å²) in [6.45, 7) is 2.17. The number of methoxy groups -OCH3 is 1. The zero-order chi connectivity index (χ0) is 15.7. The van der Waals surface area contributed by atoms with Gasteiger partial charge in [-0.05, 0) is 35.0 Å². The molecule has 3 rings (SSSR count). The summed E-state index contributed by atoms with van der Waals surface area (Å²) in [5, 5.41) is 11.8. The average molecular weight is 382 g/mol. The molecule has 1 amide bonds. The van der Waals surface area contributed by atoms with Gasteiger partial charge in [-0.25, -0.2) is 4.98 Å². The van der Waals surface area contributed by atoms with E-state index in [1.165, 1.54) is 11.3 Å². The van der Waals surface area contributed by atoms with Crippen LogP contribution in [-0.2, 0) is 11.3 Å². The molecule has 114 valence electrons. The highest BCUT2D eigenvalue weighted by molar-refractivity contribution is 9.10. The zero-order valence-electron chi connectivity index (χ0n) is 11.8. The van der Waals surface area contributed by atoms with E-state index in [4.69, 9.17) is 4.74 Å². The van der Waals surface area contributed by atoms with Gasteiger partial charge in [0.1, 0.15) is 23.0 Å². The number of imidazole rings is 1. The maximum absolute atomic E-state index is 12.5. The zero-order valence-corrected chi connectivity index (χ0v) is 14.2. The maximum atomic E-state index is 12.5. The minimum atomic E-state index is -0.275. The number of pyridine rings is 1. The molecule has 0 saturated carbocycles. The first-order valence-electron chi connectivity index (χ1n) is 6.35. The predicted molar refractivity (Wildman–Crippen MR) is 86.2 cm³/mol. The minimum absolute atomic E-state index is 0.275. The Morgan fingerprint density at radius 1 is 1.45 bits per heavy atom. The van der Waals surface area contributed by atoms with Gasteiger partial charge < -0.3 is 4.74 Å². The summed E-state index contributed by atoms with van der Waals surface area (Å²) in [6, 6.07) is 3.72. The molecule has 0 radical (unpaired) electrons. The molecule has 9 heteroatoms. The van der Waals surface area contributed by atoms with Crippen molar-refractivity contribution in [3.05, 3.63) is 39.2 Å². The first-order valence-corrected chi connectivity index (χ1v) is 7.96. The van der Waals surface area contributed by atoms with E-state index >= 15 is 0 Å². The number of rotatable bonds is 4. The number of carbonyl (C=O) groups is 1. The average Bonchev–Trinajstić information content (AvgIpc) is 3.02. The number of ether oxygens (including phenoxy) is 1. The van der Waals surface area contributed by atoms with Crippen molar-refractivity contribution in [1.29, 1.82) is 0 Å². The van der Waals surface area contributed by atoms with Crippen molar-refractivity contribution in [2.75, 3.05) is 12.4 Å². The largest absolute Gasteiger partial charge is 0.377 e. The fraction of sp³-hybridized carbons (Fsp3) is 0.231. The third kappa shape index (κ3) is 2.87. The highest BCUT2D eigenvalue weighted by atomic mass is 79.9. The molecule has 22 heavy (non-hydrogen) atoms. The van der Waals surface area contributed by atoms with E-state index in [2.05, 4.69) is 36.4 Å². The molecule has 0 bridgehead atoms. The van der Waals surface area contributed by atoms with Crippen LogP contribution in [0.2, 0.25) is 0 Å². The number of hydrogen-bond acceptors (Lipinski definition) is 6. The van der Waals surface area contributed by atoms with Crippen LogP contribution in [0, 0.1) is 6.92 Å². The highest BCUT2D eigenvalue weighted by Gasteiger charge is 2.18. The van der Waals surface area contributed by atoms with Gasteiger partial charge in [0.15, 0.2) is 0 Å². The number of halogens is 1. The van der Waals surface area contributed by atoms with Crippen molar-refractivity contribution in [1.82, 2.24) is 19.6 Å². The third-order valence-electron chi connectivity index (χ3n) is 2.93. The molecule has 0 unspecified atom stereocenters. The van der Waals surface area contributed by atoms with Crippen LogP contribution in [0.1, 0.15) is 21.2 Å². The van der Waals surface area contributed by atoms with Crippen LogP contribution in [0.5, 0.6) is 0 Å². The molecule has 1 N–H and O–H groups in total. The maximum Gasteiger partial charge on any atom is 0.276 e. The lowest BCUT2D eigenvalue weighted by molar-refractivity contribution is 0.102. The van der Waals surface area contributed by atoms with E-state index in [0.29, 0.717) is 33.8 Å². The molecule has 0 saturated heterocycles. The van der Waals surface area contributed by atoms with Gasteiger partial charge in [0.2, 0.25) is 5.13 Å². The lowest BCUT2D eigenvalue weighted by Gasteiger charge is -2.03. The van der Waals surface area contributed by atoms with Crippen molar-refractivity contribution in [2.45, 2.75) is 13.5 Å². The topological polar surface area (TPSA) is 81.4 Å². The minimum Gasteiger partial charge on any atom is -0.377 e. The van der Waals surface area contributed by atoms with Gasteiger partial charge >= 0.3 is 0 Å². The van der Waals surface area contributed by atoms with E-state index in [9.17, 15) is 4.79 Å². The standard InChI is InChI=1S/C13H12BrN5O2S/c1-7-11(19-5-8(14)3-4-9(19)15-7)12(20)16-13-18-17-10(22-13)6-21-2/h3-5H,6H2,1-2H3,(H,16,18,20). The fourth-order valence-corrected chi connectivity index (χ4v) is 3.10. The van der Waals surface area contributed by atoms with Gasteiger partial charge in [0.05, 0.1) is 5.69 Å². The van der Waals surface area contributed by atoms with Gasteiger partial charge in [-0.15, -0.1) is 10.2 Å². The number of carbonyl (C=O) groups excluding carboxylic acids is 1. The van der Waals surface area contributed by atoms with Crippen molar-refractivity contribution >= 4 is 44.0 Å². The van der Waals surface area contributed by atoms with Crippen molar-refractivity contribution in [3.8, 4) is 0 Å². The Balaban J connectivity index is 1.91. The number of nitrogens with one attached hydrogen (secondary N) is 1. The molecule has 3 aromatic heterocycles. The summed E-state index contributed by atoms with van der Waals surface area (Å²) < 4.78 is 7.59. The van der Waals surface area contributed by atoms with Crippen LogP contribution in [0.15, 0.2) is 22.8 Å². The van der Waals surface area contributed by atoms with Crippen LogP contribution >= 0.6 is 27.3 Å². The molecule has 7 nitrogen and oxygen atoms in total. The Morgan fingerprint density at radius 2 is 2.27 bits per heavy atom. The second-order valence-electron chi connectivity index (χ2n) is 4.51. The molecule has 3 aromatic rings. The van der Waals surface area contributed by atoms with E-state index in [-0.39, 0.29) is 5.91 Å². The lowest BCUT2D eigenvalue weighted by Crippen LogP contribution is -2.15. The number of aromatic nitrogens is 4. The molecule has 3 heterocycles. The summed E-state index contributed by atoms with van der Waals surface area (Å²) in [5.41, 5.74) is 1.83. The number of aryl methyl sites for hydroxylation is 1. The molecule has 0 aliphatic heterocycles. The molecular weight excluding hydrogens is 370 g/mol.